The Morgan fingerprint density at radius 1 is 1.48 bits per heavy atom. The van der Waals surface area contributed by atoms with Crippen LogP contribution in [0.3, 0.4) is 0 Å². The number of hydrogen-bond donors (Lipinski definition) is 0. The Balaban J connectivity index is 2.18. The van der Waals surface area contributed by atoms with Crippen molar-refractivity contribution in [2.24, 2.45) is 12.0 Å². The number of aliphatic imine (C=N–C) groups is 1. The number of furan rings is 1. The lowest BCUT2D eigenvalue weighted by Gasteiger charge is -2.19. The summed E-state index contributed by atoms with van der Waals surface area (Å²) in [6.07, 6.45) is 4.77. The Hall–Kier alpha value is -2.64. The van der Waals surface area contributed by atoms with Crippen molar-refractivity contribution >= 4 is 40.4 Å². The summed E-state index contributed by atoms with van der Waals surface area (Å²) in [4.78, 5) is 21.6. The van der Waals surface area contributed by atoms with E-state index in [4.69, 9.17) is 20.8 Å². The maximum atomic E-state index is 11.2. The van der Waals surface area contributed by atoms with Gasteiger partial charge >= 0.3 is 0 Å². The number of nitrogens with zero attached hydrogens (tertiary/aromatic N) is 4. The second-order valence-electron chi connectivity index (χ2n) is 6.13. The summed E-state index contributed by atoms with van der Waals surface area (Å²) >= 11 is 6.21. The molecule has 0 aliphatic rings. The fourth-order valence-corrected chi connectivity index (χ4v) is 3.19. The number of halogens is 1. The fourth-order valence-electron chi connectivity index (χ4n) is 3.02. The number of carbonyl (C=O) groups is 1. The van der Waals surface area contributed by atoms with Gasteiger partial charge in [0.25, 0.3) is 0 Å². The molecule has 2 aromatic heterocycles. The Kier molecular flexibility index (Phi) is 5.93. The molecule has 142 valence electrons. The van der Waals surface area contributed by atoms with Crippen molar-refractivity contribution in [3.8, 4) is 0 Å². The van der Waals surface area contributed by atoms with Gasteiger partial charge in [0.1, 0.15) is 5.58 Å². The standard InChI is InChI=1S/C19H21ClN4O3/c1-23(8-4-10-26-3)17-14-11-13(20)5-6-15(14)27-18(17)16(22-12-25)19-21-7-9-24(19)2/h5-7,9,11-12H,4,8,10H2,1-3H3. The second kappa shape index (κ2) is 8.37. The van der Waals surface area contributed by atoms with E-state index in [2.05, 4.69) is 14.9 Å². The van der Waals surface area contributed by atoms with Crippen LogP contribution in [0.2, 0.25) is 5.02 Å². The molecule has 0 saturated carbocycles. The zero-order valence-electron chi connectivity index (χ0n) is 15.5. The number of hydrogen-bond acceptors (Lipinski definition) is 5. The third-order valence-corrected chi connectivity index (χ3v) is 4.51. The molecule has 0 aliphatic carbocycles. The normalized spacial score (nSPS) is 11.9. The number of aromatic nitrogens is 2. The maximum absolute atomic E-state index is 11.2. The minimum atomic E-state index is 0.374. The lowest BCUT2D eigenvalue weighted by Crippen LogP contribution is -2.22. The van der Waals surface area contributed by atoms with Crippen molar-refractivity contribution in [1.82, 2.24) is 9.55 Å². The third kappa shape index (κ3) is 3.89. The summed E-state index contributed by atoms with van der Waals surface area (Å²) in [6, 6.07) is 5.43. The smallest absolute Gasteiger partial charge is 0.233 e. The van der Waals surface area contributed by atoms with Gasteiger partial charge in [0.15, 0.2) is 17.3 Å². The van der Waals surface area contributed by atoms with Crippen LogP contribution in [0.1, 0.15) is 18.0 Å². The van der Waals surface area contributed by atoms with Crippen molar-refractivity contribution in [3.63, 3.8) is 0 Å². The molecule has 0 unspecified atom stereocenters. The van der Waals surface area contributed by atoms with Crippen molar-refractivity contribution in [3.05, 3.63) is 47.2 Å². The van der Waals surface area contributed by atoms with E-state index in [1.54, 1.807) is 30.1 Å². The molecule has 0 radical (unpaired) electrons. The van der Waals surface area contributed by atoms with Gasteiger partial charge in [-0.15, -0.1) is 0 Å². The van der Waals surface area contributed by atoms with E-state index in [0.29, 0.717) is 40.9 Å². The lowest BCUT2D eigenvalue weighted by atomic mass is 10.1. The minimum absolute atomic E-state index is 0.374. The molecule has 2 heterocycles. The molecule has 3 rings (SSSR count). The predicted octanol–water partition coefficient (Wildman–Crippen LogP) is 3.29. The summed E-state index contributed by atoms with van der Waals surface area (Å²) in [7, 11) is 5.47. The lowest BCUT2D eigenvalue weighted by molar-refractivity contribution is -0.106. The molecule has 0 N–H and O–H groups in total. The SMILES string of the molecule is COCCCN(C)c1c(C(=NC=O)c2nccn2C)oc2ccc(Cl)cc12. The van der Waals surface area contributed by atoms with Gasteiger partial charge in [0, 0.05) is 57.2 Å². The fraction of sp³-hybridized carbons (Fsp3) is 0.316. The highest BCUT2D eigenvalue weighted by molar-refractivity contribution is 6.31. The summed E-state index contributed by atoms with van der Waals surface area (Å²) in [5.74, 6) is 1.02. The molecule has 0 fully saturated rings. The molecule has 0 saturated heterocycles. The Bertz CT molecular complexity index is 977. The highest BCUT2D eigenvalue weighted by Crippen LogP contribution is 2.36. The predicted molar refractivity (Wildman–Crippen MR) is 106 cm³/mol. The number of carbonyl (C=O) groups excluding carboxylic acids is 1. The monoisotopic (exact) mass is 388 g/mol. The molecular weight excluding hydrogens is 368 g/mol. The minimum Gasteiger partial charge on any atom is -0.452 e. The molecular formula is C19H21ClN4O3. The Morgan fingerprint density at radius 3 is 2.96 bits per heavy atom. The number of anilines is 1. The number of imidazole rings is 1. The summed E-state index contributed by atoms with van der Waals surface area (Å²) < 4.78 is 13.0. The van der Waals surface area contributed by atoms with Crippen LogP contribution in [-0.2, 0) is 16.6 Å². The van der Waals surface area contributed by atoms with E-state index in [1.165, 1.54) is 0 Å². The number of methoxy groups -OCH3 is 1. The average molecular weight is 389 g/mol. The highest BCUT2D eigenvalue weighted by Gasteiger charge is 2.25. The highest BCUT2D eigenvalue weighted by atomic mass is 35.5. The van der Waals surface area contributed by atoms with Gasteiger partial charge < -0.3 is 18.6 Å². The summed E-state index contributed by atoms with van der Waals surface area (Å²) in [6.45, 7) is 1.38. The van der Waals surface area contributed by atoms with Gasteiger partial charge in [-0.3, -0.25) is 4.79 Å². The number of amides is 1. The first-order valence-corrected chi connectivity index (χ1v) is 8.86. The first-order chi connectivity index (χ1) is 13.1. The van der Waals surface area contributed by atoms with Crippen molar-refractivity contribution in [2.75, 3.05) is 32.2 Å². The van der Waals surface area contributed by atoms with E-state index < -0.39 is 0 Å². The van der Waals surface area contributed by atoms with Crippen LogP contribution in [0.5, 0.6) is 0 Å². The molecule has 27 heavy (non-hydrogen) atoms. The zero-order valence-corrected chi connectivity index (χ0v) is 16.2. The van der Waals surface area contributed by atoms with E-state index in [0.717, 1.165) is 24.0 Å². The van der Waals surface area contributed by atoms with E-state index >= 15 is 0 Å². The quantitative estimate of drug-likeness (QED) is 0.336. The molecule has 1 amide bonds. The van der Waals surface area contributed by atoms with Gasteiger partial charge in [0.05, 0.1) is 5.69 Å². The van der Waals surface area contributed by atoms with E-state index in [-0.39, 0.29) is 0 Å². The zero-order chi connectivity index (χ0) is 19.4. The van der Waals surface area contributed by atoms with Crippen LogP contribution < -0.4 is 4.90 Å². The number of fused-ring (bicyclic) bond motifs is 1. The number of rotatable bonds is 8. The van der Waals surface area contributed by atoms with Gasteiger partial charge in [-0.05, 0) is 24.6 Å². The largest absolute Gasteiger partial charge is 0.452 e. The van der Waals surface area contributed by atoms with Crippen molar-refractivity contribution < 1.29 is 13.9 Å². The number of ether oxygens (including phenoxy) is 1. The molecule has 8 heteroatoms. The molecule has 1 aromatic carbocycles. The van der Waals surface area contributed by atoms with Crippen LogP contribution in [0.25, 0.3) is 11.0 Å². The molecule has 0 aliphatic heterocycles. The first-order valence-electron chi connectivity index (χ1n) is 8.48. The van der Waals surface area contributed by atoms with E-state index in [1.807, 2.05) is 26.2 Å². The molecule has 0 spiro atoms. The van der Waals surface area contributed by atoms with Gasteiger partial charge in [0.2, 0.25) is 6.41 Å². The first kappa shape index (κ1) is 19.1. The van der Waals surface area contributed by atoms with Crippen LogP contribution in [-0.4, -0.2) is 49.0 Å². The topological polar surface area (TPSA) is 72.9 Å². The number of benzene rings is 1. The summed E-state index contributed by atoms with van der Waals surface area (Å²) in [5, 5.41) is 1.46. The molecule has 0 atom stereocenters. The summed E-state index contributed by atoms with van der Waals surface area (Å²) in [5.41, 5.74) is 1.85. The second-order valence-corrected chi connectivity index (χ2v) is 6.57. The average Bonchev–Trinajstić information content (AvgIpc) is 3.23. The maximum Gasteiger partial charge on any atom is 0.233 e. The third-order valence-electron chi connectivity index (χ3n) is 4.28. The molecule has 7 nitrogen and oxygen atoms in total. The van der Waals surface area contributed by atoms with Crippen LogP contribution in [0.15, 0.2) is 40.0 Å². The Labute approximate surface area is 162 Å². The van der Waals surface area contributed by atoms with Crippen LogP contribution >= 0.6 is 11.6 Å². The molecule has 0 bridgehead atoms. The van der Waals surface area contributed by atoms with Gasteiger partial charge in [-0.2, -0.15) is 0 Å². The molecule has 3 aromatic rings. The van der Waals surface area contributed by atoms with Gasteiger partial charge in [-0.25, -0.2) is 9.98 Å². The van der Waals surface area contributed by atoms with Crippen LogP contribution in [0, 0.1) is 0 Å². The number of aryl methyl sites for hydroxylation is 1. The van der Waals surface area contributed by atoms with Gasteiger partial charge in [-0.1, -0.05) is 11.6 Å². The van der Waals surface area contributed by atoms with E-state index in [9.17, 15) is 4.79 Å². The van der Waals surface area contributed by atoms with Crippen molar-refractivity contribution in [2.45, 2.75) is 6.42 Å². The van der Waals surface area contributed by atoms with Crippen molar-refractivity contribution in [1.29, 1.82) is 0 Å². The van der Waals surface area contributed by atoms with Crippen LogP contribution in [0.4, 0.5) is 5.69 Å². The Morgan fingerprint density at radius 2 is 2.30 bits per heavy atom.